The van der Waals surface area contributed by atoms with Gasteiger partial charge in [0.05, 0.1) is 35.9 Å². The minimum atomic E-state index is -1.13. The summed E-state index contributed by atoms with van der Waals surface area (Å²) in [5.74, 6) is -1.24. The molecule has 1 aromatic heterocycles. The Morgan fingerprint density at radius 2 is 1.87 bits per heavy atom. The Morgan fingerprint density at radius 3 is 2.43 bits per heavy atom. The number of aromatic nitrogens is 1. The normalized spacial score (nSPS) is 12.1. The Morgan fingerprint density at radius 1 is 1.17 bits per heavy atom. The highest BCUT2D eigenvalue weighted by Gasteiger charge is 2.23. The maximum Gasteiger partial charge on any atom is 0.335 e. The molecule has 0 saturated carbocycles. The Hall–Kier alpha value is -2.45. The molecule has 1 amide bonds. The number of nitrogens with zero attached hydrogens (tertiary/aromatic N) is 1. The number of rotatable bonds is 6. The lowest BCUT2D eigenvalue weighted by molar-refractivity contribution is 0.0696. The van der Waals surface area contributed by atoms with E-state index in [0.717, 1.165) is 0 Å². The molecule has 3 aromatic rings. The van der Waals surface area contributed by atoms with Crippen LogP contribution in [0.5, 0.6) is 5.75 Å². The number of ether oxygens (including phenoxy) is 1. The molecule has 0 bridgehead atoms. The molecule has 0 aliphatic heterocycles. The van der Waals surface area contributed by atoms with E-state index in [2.05, 4.69) is 5.32 Å². The third kappa shape index (κ3) is 3.94. The molecule has 1 heterocycles. The first-order valence-corrected chi connectivity index (χ1v) is 9.78. The number of benzene rings is 2. The van der Waals surface area contributed by atoms with E-state index >= 15 is 0 Å². The molecule has 0 saturated heterocycles. The van der Waals surface area contributed by atoms with Gasteiger partial charge in [0.25, 0.3) is 5.91 Å². The zero-order valence-electron chi connectivity index (χ0n) is 15.9. The monoisotopic (exact) mass is 470 g/mol. The number of aromatic carboxylic acids is 1. The van der Waals surface area contributed by atoms with Crippen molar-refractivity contribution in [3.8, 4) is 5.75 Å². The Balaban J connectivity index is 1.96. The van der Waals surface area contributed by atoms with Gasteiger partial charge in [0.15, 0.2) is 0 Å². The van der Waals surface area contributed by atoms with Crippen molar-refractivity contribution in [2.75, 3.05) is 13.7 Å². The molecule has 10 heteroatoms. The third-order valence-electron chi connectivity index (χ3n) is 4.76. The first kappa shape index (κ1) is 22.2. The molecule has 7 nitrogen and oxygen atoms in total. The van der Waals surface area contributed by atoms with Crippen molar-refractivity contribution in [3.05, 3.63) is 62.2 Å². The van der Waals surface area contributed by atoms with Crippen molar-refractivity contribution in [1.82, 2.24) is 9.88 Å². The minimum Gasteiger partial charge on any atom is -0.495 e. The van der Waals surface area contributed by atoms with Crippen molar-refractivity contribution in [1.29, 1.82) is 0 Å². The average Bonchev–Trinajstić information content (AvgIpc) is 3.05. The lowest BCUT2D eigenvalue weighted by atomic mass is 10.0. The van der Waals surface area contributed by atoms with Crippen LogP contribution in [0.4, 0.5) is 0 Å². The van der Waals surface area contributed by atoms with E-state index in [1.165, 1.54) is 25.3 Å². The van der Waals surface area contributed by atoms with E-state index in [1.807, 2.05) is 0 Å². The van der Waals surface area contributed by atoms with Gasteiger partial charge in [-0.15, -0.1) is 0 Å². The van der Waals surface area contributed by atoms with Gasteiger partial charge >= 0.3 is 5.97 Å². The number of hydrogen-bond acceptors (Lipinski definition) is 4. The fourth-order valence-electron chi connectivity index (χ4n) is 3.15. The molecule has 2 aromatic carbocycles. The van der Waals surface area contributed by atoms with Crippen LogP contribution < -0.4 is 10.1 Å². The van der Waals surface area contributed by atoms with Gasteiger partial charge in [-0.05, 0) is 23.8 Å². The van der Waals surface area contributed by atoms with E-state index < -0.39 is 24.5 Å². The fourth-order valence-corrected chi connectivity index (χ4v) is 3.94. The summed E-state index contributed by atoms with van der Waals surface area (Å²) in [5, 5.41) is 22.7. The van der Waals surface area contributed by atoms with Crippen LogP contribution in [0.1, 0.15) is 32.5 Å². The van der Waals surface area contributed by atoms with Gasteiger partial charge in [-0.2, -0.15) is 0 Å². The lowest BCUT2D eigenvalue weighted by Crippen LogP contribution is -2.32. The number of hydrogen-bond donors (Lipinski definition) is 3. The number of carbonyl (C=O) groups excluding carboxylic acids is 1. The lowest BCUT2D eigenvalue weighted by Gasteiger charge is -2.18. The van der Waals surface area contributed by atoms with Crippen LogP contribution >= 0.6 is 34.8 Å². The number of aliphatic hydroxyl groups is 1. The Labute approximate surface area is 186 Å². The predicted octanol–water partition coefficient (Wildman–Crippen LogP) is 4.31. The highest BCUT2D eigenvalue weighted by molar-refractivity contribution is 6.46. The average molecular weight is 472 g/mol. The smallest absolute Gasteiger partial charge is 0.335 e. The Kier molecular flexibility index (Phi) is 6.47. The topological polar surface area (TPSA) is 101 Å². The number of nitrogens with one attached hydrogen (secondary N) is 1. The summed E-state index contributed by atoms with van der Waals surface area (Å²) in [5.41, 5.74) is 1.30. The number of aryl methyl sites for hydroxylation is 1. The van der Waals surface area contributed by atoms with Crippen molar-refractivity contribution < 1.29 is 24.5 Å². The van der Waals surface area contributed by atoms with E-state index in [0.29, 0.717) is 22.2 Å². The molecule has 0 aliphatic rings. The third-order valence-corrected chi connectivity index (χ3v) is 5.95. The summed E-state index contributed by atoms with van der Waals surface area (Å²) in [6.45, 7) is -0.442. The molecule has 3 rings (SSSR count). The first-order valence-electron chi connectivity index (χ1n) is 8.65. The second-order valence-corrected chi connectivity index (χ2v) is 7.64. The van der Waals surface area contributed by atoms with Gasteiger partial charge < -0.3 is 24.8 Å². The number of carboxylic acids is 1. The van der Waals surface area contributed by atoms with Gasteiger partial charge in [0.1, 0.15) is 16.5 Å². The van der Waals surface area contributed by atoms with Crippen LogP contribution in [0.25, 0.3) is 10.9 Å². The highest BCUT2D eigenvalue weighted by Crippen LogP contribution is 2.39. The number of carboxylic acid groups (broad SMARTS) is 1. The van der Waals surface area contributed by atoms with Gasteiger partial charge in [-0.3, -0.25) is 4.79 Å². The molecule has 0 unspecified atom stereocenters. The highest BCUT2D eigenvalue weighted by atomic mass is 35.5. The standard InChI is InChI=1S/C20H17Cl3N2O5/c1-25-14-7-16(30-2)18(23)17(22)11(14)6-15(25)19(27)24-13(8-26)10-4-3-9(20(28)29)5-12(10)21/h3-7,13,26H,8H2,1-2H3,(H,24,27)(H,28,29)/t13-/m1/s1. The van der Waals surface area contributed by atoms with Gasteiger partial charge in [-0.25, -0.2) is 4.79 Å². The summed E-state index contributed by atoms with van der Waals surface area (Å²) >= 11 is 18.7. The molecular weight excluding hydrogens is 455 g/mol. The van der Waals surface area contributed by atoms with Crippen molar-refractivity contribution in [3.63, 3.8) is 0 Å². The fraction of sp³-hybridized carbons (Fsp3) is 0.200. The first-order chi connectivity index (χ1) is 14.2. The summed E-state index contributed by atoms with van der Waals surface area (Å²) in [6, 6.07) is 6.48. The number of fused-ring (bicyclic) bond motifs is 1. The van der Waals surface area contributed by atoms with Crippen LogP contribution in [-0.4, -0.2) is 40.4 Å². The number of carbonyl (C=O) groups is 2. The van der Waals surface area contributed by atoms with Crippen LogP contribution in [0.15, 0.2) is 30.3 Å². The molecule has 3 N–H and O–H groups in total. The summed E-state index contributed by atoms with van der Waals surface area (Å²) < 4.78 is 6.84. The van der Waals surface area contributed by atoms with E-state index in [-0.39, 0.29) is 26.3 Å². The van der Waals surface area contributed by atoms with Gasteiger partial charge in [0, 0.05) is 23.5 Å². The maximum atomic E-state index is 12.9. The SMILES string of the molecule is COc1cc2c(cc(C(=O)N[C@H](CO)c3ccc(C(=O)O)cc3Cl)n2C)c(Cl)c1Cl. The molecule has 0 radical (unpaired) electrons. The number of methoxy groups -OCH3 is 1. The van der Waals surface area contributed by atoms with Gasteiger partial charge in [0.2, 0.25) is 0 Å². The molecule has 0 aliphatic carbocycles. The number of halogens is 3. The zero-order chi connectivity index (χ0) is 22.2. The maximum absolute atomic E-state index is 12.9. The molecule has 1 atom stereocenters. The number of amides is 1. The molecule has 30 heavy (non-hydrogen) atoms. The van der Waals surface area contributed by atoms with Crippen LogP contribution in [-0.2, 0) is 7.05 Å². The van der Waals surface area contributed by atoms with E-state index in [1.54, 1.807) is 23.7 Å². The summed E-state index contributed by atoms with van der Waals surface area (Å²) in [6.07, 6.45) is 0. The molecular formula is C20H17Cl3N2O5. The van der Waals surface area contributed by atoms with Crippen LogP contribution in [0.3, 0.4) is 0 Å². The summed E-state index contributed by atoms with van der Waals surface area (Å²) in [4.78, 5) is 24.0. The minimum absolute atomic E-state index is 0.000850. The summed E-state index contributed by atoms with van der Waals surface area (Å²) in [7, 11) is 3.15. The Bertz CT molecular complexity index is 1160. The molecule has 0 fully saturated rings. The van der Waals surface area contributed by atoms with Crippen LogP contribution in [0, 0.1) is 0 Å². The van der Waals surface area contributed by atoms with Crippen LogP contribution in [0.2, 0.25) is 15.1 Å². The van der Waals surface area contributed by atoms with E-state index in [4.69, 9.17) is 44.6 Å². The largest absolute Gasteiger partial charge is 0.495 e. The quantitative estimate of drug-likeness (QED) is 0.497. The van der Waals surface area contributed by atoms with Crippen molar-refractivity contribution in [2.45, 2.75) is 6.04 Å². The van der Waals surface area contributed by atoms with Gasteiger partial charge in [-0.1, -0.05) is 40.9 Å². The zero-order valence-corrected chi connectivity index (χ0v) is 18.1. The molecule has 0 spiro atoms. The predicted molar refractivity (Wildman–Crippen MR) is 115 cm³/mol. The second-order valence-electron chi connectivity index (χ2n) is 6.48. The second kappa shape index (κ2) is 8.73. The number of aliphatic hydroxyl groups excluding tert-OH is 1. The van der Waals surface area contributed by atoms with Crippen molar-refractivity contribution in [2.24, 2.45) is 7.05 Å². The van der Waals surface area contributed by atoms with E-state index in [9.17, 15) is 14.7 Å². The van der Waals surface area contributed by atoms with Crippen molar-refractivity contribution >= 4 is 57.6 Å². The molecule has 158 valence electrons.